The van der Waals surface area contributed by atoms with E-state index in [-0.39, 0.29) is 0 Å². The van der Waals surface area contributed by atoms with Crippen molar-refractivity contribution in [1.82, 2.24) is 16.0 Å². The highest BCUT2D eigenvalue weighted by atomic mass is 15.0. The number of rotatable bonds is 10. The second-order valence-corrected chi connectivity index (χ2v) is 4.45. The molecule has 0 aliphatic rings. The lowest BCUT2D eigenvalue weighted by Gasteiger charge is -2.07. The van der Waals surface area contributed by atoms with Gasteiger partial charge in [-0.15, -0.1) is 0 Å². The first-order valence-electron chi connectivity index (χ1n) is 6.70. The van der Waals surface area contributed by atoms with Crippen molar-refractivity contribution in [3.8, 4) is 0 Å². The van der Waals surface area contributed by atoms with Crippen molar-refractivity contribution in [1.29, 1.82) is 0 Å². The van der Waals surface area contributed by atoms with E-state index in [2.05, 4.69) is 47.1 Å². The summed E-state index contributed by atoms with van der Waals surface area (Å²) in [6.45, 7) is 8.63. The largest absolute Gasteiger partial charge is 0.329 e. The average molecular weight is 250 g/mol. The highest BCUT2D eigenvalue weighted by Crippen LogP contribution is 2.02. The first-order chi connectivity index (χ1) is 8.83. The van der Waals surface area contributed by atoms with E-state index in [4.69, 9.17) is 5.73 Å². The van der Waals surface area contributed by atoms with Crippen LogP contribution < -0.4 is 21.7 Å². The smallest absolute Gasteiger partial charge is 0.0206 e. The summed E-state index contributed by atoms with van der Waals surface area (Å²) in [7, 11) is 0. The number of aryl methyl sites for hydroxylation is 1. The Morgan fingerprint density at radius 3 is 2.28 bits per heavy atom. The fourth-order valence-corrected chi connectivity index (χ4v) is 1.76. The van der Waals surface area contributed by atoms with E-state index >= 15 is 0 Å². The van der Waals surface area contributed by atoms with E-state index in [0.29, 0.717) is 6.54 Å². The predicted octanol–water partition coefficient (Wildman–Crippen LogP) is 0.223. The zero-order chi connectivity index (χ0) is 13.1. The molecule has 0 aliphatic heterocycles. The molecular formula is C14H26N4. The van der Waals surface area contributed by atoms with Crippen LogP contribution in [0.25, 0.3) is 0 Å². The van der Waals surface area contributed by atoms with E-state index in [1.165, 1.54) is 11.1 Å². The van der Waals surface area contributed by atoms with E-state index in [9.17, 15) is 0 Å². The van der Waals surface area contributed by atoms with Gasteiger partial charge in [0.2, 0.25) is 0 Å². The van der Waals surface area contributed by atoms with Gasteiger partial charge in [0.25, 0.3) is 0 Å². The third-order valence-electron chi connectivity index (χ3n) is 2.69. The van der Waals surface area contributed by atoms with Crippen LogP contribution in [0.3, 0.4) is 0 Å². The minimum atomic E-state index is 0.706. The molecule has 0 aliphatic carbocycles. The fourth-order valence-electron chi connectivity index (χ4n) is 1.76. The summed E-state index contributed by atoms with van der Waals surface area (Å²) in [5, 5.41) is 10.1. The Hall–Kier alpha value is -0.940. The molecule has 18 heavy (non-hydrogen) atoms. The van der Waals surface area contributed by atoms with Gasteiger partial charge in [-0.3, -0.25) is 0 Å². The number of nitrogens with one attached hydrogen (secondary N) is 3. The Balaban J connectivity index is 1.92. The van der Waals surface area contributed by atoms with Crippen LogP contribution in [0, 0.1) is 6.92 Å². The third-order valence-corrected chi connectivity index (χ3v) is 2.69. The van der Waals surface area contributed by atoms with Crippen molar-refractivity contribution < 1.29 is 0 Å². The number of nitrogens with two attached hydrogens (primary N) is 1. The minimum Gasteiger partial charge on any atom is -0.329 e. The molecule has 0 radical (unpaired) electrons. The molecule has 1 rings (SSSR count). The van der Waals surface area contributed by atoms with Gasteiger partial charge in [0.1, 0.15) is 0 Å². The maximum atomic E-state index is 5.38. The molecule has 0 fully saturated rings. The lowest BCUT2D eigenvalue weighted by atomic mass is 10.1. The first kappa shape index (κ1) is 15.1. The standard InChI is InChI=1S/C14H26N4/c1-13-3-2-4-14(11-13)12-18-10-9-17-8-7-16-6-5-15/h2-4,11,16-18H,5-10,12,15H2,1H3. The molecule has 0 amide bonds. The van der Waals surface area contributed by atoms with Crippen LogP contribution in [0.1, 0.15) is 11.1 Å². The first-order valence-corrected chi connectivity index (χ1v) is 6.70. The second kappa shape index (κ2) is 10.0. The molecule has 4 nitrogen and oxygen atoms in total. The monoisotopic (exact) mass is 250 g/mol. The summed E-state index contributed by atoms with van der Waals surface area (Å²) >= 11 is 0. The van der Waals surface area contributed by atoms with Gasteiger partial charge in [-0.25, -0.2) is 0 Å². The summed E-state index contributed by atoms with van der Waals surface area (Å²) in [5.41, 5.74) is 8.05. The van der Waals surface area contributed by atoms with E-state index in [1.54, 1.807) is 0 Å². The normalized spacial score (nSPS) is 10.8. The molecule has 102 valence electrons. The molecule has 4 heteroatoms. The van der Waals surface area contributed by atoms with Crippen LogP contribution in [-0.4, -0.2) is 39.3 Å². The number of hydrogen-bond acceptors (Lipinski definition) is 4. The Morgan fingerprint density at radius 1 is 0.944 bits per heavy atom. The lowest BCUT2D eigenvalue weighted by Crippen LogP contribution is -2.34. The van der Waals surface area contributed by atoms with Crippen molar-refractivity contribution in [2.45, 2.75) is 13.5 Å². The summed E-state index contributed by atoms with van der Waals surface area (Å²) in [4.78, 5) is 0. The molecule has 0 atom stereocenters. The molecule has 0 spiro atoms. The Bertz CT molecular complexity index is 314. The Labute approximate surface area is 110 Å². The topological polar surface area (TPSA) is 62.1 Å². The van der Waals surface area contributed by atoms with Gasteiger partial charge >= 0.3 is 0 Å². The predicted molar refractivity (Wildman–Crippen MR) is 77.7 cm³/mol. The molecule has 0 unspecified atom stereocenters. The molecule has 1 aromatic rings. The van der Waals surface area contributed by atoms with Crippen molar-refractivity contribution in [2.24, 2.45) is 5.73 Å². The van der Waals surface area contributed by atoms with Gasteiger partial charge in [0, 0.05) is 45.8 Å². The van der Waals surface area contributed by atoms with Crippen LogP contribution in [0.5, 0.6) is 0 Å². The van der Waals surface area contributed by atoms with E-state index < -0.39 is 0 Å². The number of benzene rings is 1. The molecule has 5 N–H and O–H groups in total. The minimum absolute atomic E-state index is 0.706. The van der Waals surface area contributed by atoms with Gasteiger partial charge in [-0.1, -0.05) is 29.8 Å². The van der Waals surface area contributed by atoms with Gasteiger partial charge < -0.3 is 21.7 Å². The number of hydrogen-bond donors (Lipinski definition) is 4. The van der Waals surface area contributed by atoms with Gasteiger partial charge in [0.15, 0.2) is 0 Å². The second-order valence-electron chi connectivity index (χ2n) is 4.45. The van der Waals surface area contributed by atoms with Crippen LogP contribution in [0.2, 0.25) is 0 Å². The molecule has 1 aromatic carbocycles. The highest BCUT2D eigenvalue weighted by Gasteiger charge is 1.92. The van der Waals surface area contributed by atoms with E-state index in [1.807, 2.05) is 0 Å². The van der Waals surface area contributed by atoms with Crippen molar-refractivity contribution in [3.63, 3.8) is 0 Å². The van der Waals surface area contributed by atoms with Crippen molar-refractivity contribution in [3.05, 3.63) is 35.4 Å². The molecule has 0 aromatic heterocycles. The maximum absolute atomic E-state index is 5.38. The SMILES string of the molecule is Cc1cccc(CNCCNCCNCCN)c1. The fraction of sp³-hybridized carbons (Fsp3) is 0.571. The zero-order valence-electron chi connectivity index (χ0n) is 11.3. The zero-order valence-corrected chi connectivity index (χ0v) is 11.3. The van der Waals surface area contributed by atoms with E-state index in [0.717, 1.165) is 39.3 Å². The maximum Gasteiger partial charge on any atom is 0.0206 e. The summed E-state index contributed by atoms with van der Waals surface area (Å²) in [5.74, 6) is 0. The molecule has 0 bridgehead atoms. The quantitative estimate of drug-likeness (QED) is 0.449. The highest BCUT2D eigenvalue weighted by molar-refractivity contribution is 5.21. The van der Waals surface area contributed by atoms with Crippen molar-refractivity contribution >= 4 is 0 Å². The van der Waals surface area contributed by atoms with Crippen LogP contribution in [-0.2, 0) is 6.54 Å². The van der Waals surface area contributed by atoms with Gasteiger partial charge in [-0.2, -0.15) is 0 Å². The van der Waals surface area contributed by atoms with Gasteiger partial charge in [0.05, 0.1) is 0 Å². The van der Waals surface area contributed by atoms with Gasteiger partial charge in [-0.05, 0) is 12.5 Å². The summed E-state index contributed by atoms with van der Waals surface area (Å²) in [6, 6.07) is 8.61. The molecule has 0 saturated carbocycles. The third kappa shape index (κ3) is 7.40. The average Bonchev–Trinajstić information content (AvgIpc) is 2.37. The Morgan fingerprint density at radius 2 is 1.61 bits per heavy atom. The molecule has 0 heterocycles. The van der Waals surface area contributed by atoms with Crippen LogP contribution in [0.4, 0.5) is 0 Å². The summed E-state index contributed by atoms with van der Waals surface area (Å²) < 4.78 is 0. The van der Waals surface area contributed by atoms with Crippen LogP contribution >= 0.6 is 0 Å². The lowest BCUT2D eigenvalue weighted by molar-refractivity contribution is 0.583. The molecule has 0 saturated heterocycles. The summed E-state index contributed by atoms with van der Waals surface area (Å²) in [6.07, 6.45) is 0. The van der Waals surface area contributed by atoms with Crippen LogP contribution in [0.15, 0.2) is 24.3 Å². The Kier molecular flexibility index (Phi) is 8.42. The molecular weight excluding hydrogens is 224 g/mol. The van der Waals surface area contributed by atoms with Crippen molar-refractivity contribution in [2.75, 3.05) is 39.3 Å².